The summed E-state index contributed by atoms with van der Waals surface area (Å²) >= 11 is 0. The van der Waals surface area contributed by atoms with E-state index in [0.717, 1.165) is 61.1 Å². The number of nitrogens with zero attached hydrogens (tertiary/aromatic N) is 2. The quantitative estimate of drug-likeness (QED) is 0.202. The van der Waals surface area contributed by atoms with Crippen LogP contribution >= 0.6 is 0 Å². The van der Waals surface area contributed by atoms with E-state index in [4.69, 9.17) is 14.4 Å². The second-order valence-corrected chi connectivity index (χ2v) is 12.2. The van der Waals surface area contributed by atoms with Crippen LogP contribution in [0, 0.1) is 0 Å². The molecule has 0 aliphatic heterocycles. The second kappa shape index (κ2) is 10.1. The molecule has 0 atom stereocenters. The molecule has 0 bridgehead atoms. The van der Waals surface area contributed by atoms with Crippen LogP contribution < -0.4 is 0 Å². The second-order valence-electron chi connectivity index (χ2n) is 12.2. The Labute approximate surface area is 271 Å². The van der Waals surface area contributed by atoms with Gasteiger partial charge in [0, 0.05) is 33.0 Å². The molecule has 0 saturated carbocycles. The molecule has 0 saturated heterocycles. The maximum atomic E-state index is 6.56. The van der Waals surface area contributed by atoms with E-state index in [0.29, 0.717) is 5.82 Å². The van der Waals surface area contributed by atoms with Crippen molar-refractivity contribution in [2.75, 3.05) is 0 Å². The fraction of sp³-hybridized carbons (Fsp3) is 0. The van der Waals surface area contributed by atoms with Gasteiger partial charge in [-0.1, -0.05) is 121 Å². The predicted octanol–water partition coefficient (Wildman–Crippen LogP) is 11.8. The number of hydrogen-bond donors (Lipinski definition) is 0. The highest BCUT2D eigenvalue weighted by molar-refractivity contribution is 6.23. The summed E-state index contributed by atoms with van der Waals surface area (Å²) in [5, 5.41) is 4.81. The first-order chi connectivity index (χ1) is 23.3. The molecule has 0 amide bonds. The molecule has 0 spiro atoms. The van der Waals surface area contributed by atoms with E-state index >= 15 is 0 Å². The van der Waals surface area contributed by atoms with Gasteiger partial charge < -0.3 is 4.42 Å². The Morgan fingerprint density at radius 2 is 1.11 bits per heavy atom. The van der Waals surface area contributed by atoms with Crippen LogP contribution in [0.3, 0.4) is 0 Å². The Morgan fingerprint density at radius 1 is 0.404 bits per heavy atom. The third kappa shape index (κ3) is 4.07. The van der Waals surface area contributed by atoms with Crippen molar-refractivity contribution in [3.63, 3.8) is 0 Å². The van der Waals surface area contributed by atoms with E-state index in [1.165, 1.54) is 33.0 Å². The molecule has 0 fully saturated rings. The molecule has 0 N–H and O–H groups in total. The van der Waals surface area contributed by atoms with E-state index in [-0.39, 0.29) is 0 Å². The van der Waals surface area contributed by atoms with Crippen LogP contribution in [0.25, 0.3) is 100.0 Å². The Morgan fingerprint density at radius 3 is 1.96 bits per heavy atom. The molecule has 0 radical (unpaired) electrons. The van der Waals surface area contributed by atoms with Gasteiger partial charge in [0.1, 0.15) is 11.2 Å². The van der Waals surface area contributed by atoms with Gasteiger partial charge in [0.05, 0.1) is 11.4 Å². The summed E-state index contributed by atoms with van der Waals surface area (Å²) in [7, 11) is 0. The summed E-state index contributed by atoms with van der Waals surface area (Å²) in [5.41, 5.74) is 14.0. The molecule has 47 heavy (non-hydrogen) atoms. The standard InChI is InChI=1S/C44H26N2O/c1-3-11-27(12-4-1)38-26-39(46-44(45-38)28-13-5-2-6-14-28)30-16-9-15-29(23-30)32-24-31-17-10-19-34-35-21-22-36-33-18-7-8-20-40(33)47-43(36)42(35)37(25-32)41(31)34/h1-26H. The summed E-state index contributed by atoms with van der Waals surface area (Å²) in [5.74, 6) is 0.713. The van der Waals surface area contributed by atoms with Gasteiger partial charge in [-0.15, -0.1) is 0 Å². The minimum Gasteiger partial charge on any atom is -0.455 e. The topological polar surface area (TPSA) is 38.9 Å². The lowest BCUT2D eigenvalue weighted by molar-refractivity contribution is 0.670. The number of aromatic nitrogens is 2. The van der Waals surface area contributed by atoms with Crippen molar-refractivity contribution < 1.29 is 4.42 Å². The first-order valence-electron chi connectivity index (χ1n) is 15.9. The van der Waals surface area contributed by atoms with Gasteiger partial charge in [-0.25, -0.2) is 9.97 Å². The number of furan rings is 1. The van der Waals surface area contributed by atoms with Crippen LogP contribution in [-0.2, 0) is 0 Å². The van der Waals surface area contributed by atoms with Crippen LogP contribution in [0.1, 0.15) is 0 Å². The summed E-state index contributed by atoms with van der Waals surface area (Å²) in [6.07, 6.45) is 0. The molecule has 2 aromatic heterocycles. The summed E-state index contributed by atoms with van der Waals surface area (Å²) in [6.45, 7) is 0. The molecule has 1 aliphatic carbocycles. The minimum absolute atomic E-state index is 0.713. The Bertz CT molecular complexity index is 2610. The van der Waals surface area contributed by atoms with Gasteiger partial charge in [-0.05, 0) is 75.0 Å². The van der Waals surface area contributed by atoms with E-state index < -0.39 is 0 Å². The molecule has 218 valence electrons. The van der Waals surface area contributed by atoms with E-state index in [1.54, 1.807) is 0 Å². The molecule has 9 aromatic rings. The first kappa shape index (κ1) is 26.0. The van der Waals surface area contributed by atoms with Crippen molar-refractivity contribution in [3.8, 4) is 67.3 Å². The molecule has 10 rings (SSSR count). The number of para-hydroxylation sites is 1. The van der Waals surface area contributed by atoms with E-state index in [9.17, 15) is 0 Å². The predicted molar refractivity (Wildman–Crippen MR) is 193 cm³/mol. The zero-order valence-electron chi connectivity index (χ0n) is 25.3. The Kier molecular flexibility index (Phi) is 5.57. The van der Waals surface area contributed by atoms with E-state index in [2.05, 4.69) is 115 Å². The van der Waals surface area contributed by atoms with E-state index in [1.807, 2.05) is 42.5 Å². The lowest BCUT2D eigenvalue weighted by Gasteiger charge is -2.12. The van der Waals surface area contributed by atoms with Crippen molar-refractivity contribution in [2.24, 2.45) is 0 Å². The molecule has 0 unspecified atom stereocenters. The van der Waals surface area contributed by atoms with Crippen molar-refractivity contribution >= 4 is 32.7 Å². The van der Waals surface area contributed by atoms with Gasteiger partial charge in [-0.2, -0.15) is 0 Å². The van der Waals surface area contributed by atoms with Crippen molar-refractivity contribution in [3.05, 3.63) is 158 Å². The largest absolute Gasteiger partial charge is 0.455 e. The molecule has 3 heteroatoms. The monoisotopic (exact) mass is 598 g/mol. The number of hydrogen-bond acceptors (Lipinski definition) is 3. The molecular weight excluding hydrogens is 572 g/mol. The van der Waals surface area contributed by atoms with Crippen LogP contribution in [0.15, 0.2) is 162 Å². The highest BCUT2D eigenvalue weighted by Gasteiger charge is 2.26. The summed E-state index contributed by atoms with van der Waals surface area (Å²) < 4.78 is 6.56. The number of rotatable bonds is 4. The van der Waals surface area contributed by atoms with Crippen molar-refractivity contribution in [1.82, 2.24) is 9.97 Å². The Balaban J connectivity index is 1.15. The number of benzene rings is 7. The normalized spacial score (nSPS) is 11.8. The zero-order chi connectivity index (χ0) is 30.9. The molecule has 1 aliphatic rings. The average molecular weight is 599 g/mol. The highest BCUT2D eigenvalue weighted by Crippen LogP contribution is 2.52. The third-order valence-electron chi connectivity index (χ3n) is 9.40. The maximum Gasteiger partial charge on any atom is 0.160 e. The van der Waals surface area contributed by atoms with Gasteiger partial charge in [0.2, 0.25) is 0 Å². The van der Waals surface area contributed by atoms with Crippen LogP contribution in [0.4, 0.5) is 0 Å². The SMILES string of the molecule is c1ccc(-c2cc(-c3cccc(-c4cc5c6c(cccc6c4)-c4ccc6c(oc7ccccc76)c4-5)c3)nc(-c3ccccc3)n2)cc1. The average Bonchev–Trinajstić information content (AvgIpc) is 3.69. The van der Waals surface area contributed by atoms with Gasteiger partial charge in [0.25, 0.3) is 0 Å². The minimum atomic E-state index is 0.713. The Hall–Kier alpha value is -6.32. The summed E-state index contributed by atoms with van der Waals surface area (Å²) in [6, 6.07) is 55.4. The van der Waals surface area contributed by atoms with Crippen LogP contribution in [0.5, 0.6) is 0 Å². The fourth-order valence-electron chi connectivity index (χ4n) is 7.22. The lowest BCUT2D eigenvalue weighted by atomic mass is 9.94. The zero-order valence-corrected chi connectivity index (χ0v) is 25.3. The van der Waals surface area contributed by atoms with Crippen molar-refractivity contribution in [1.29, 1.82) is 0 Å². The maximum absolute atomic E-state index is 6.56. The fourth-order valence-corrected chi connectivity index (χ4v) is 7.22. The van der Waals surface area contributed by atoms with Gasteiger partial charge in [0.15, 0.2) is 5.82 Å². The smallest absolute Gasteiger partial charge is 0.160 e. The van der Waals surface area contributed by atoms with Crippen molar-refractivity contribution in [2.45, 2.75) is 0 Å². The highest BCUT2D eigenvalue weighted by atomic mass is 16.3. The van der Waals surface area contributed by atoms with Crippen LogP contribution in [0.2, 0.25) is 0 Å². The lowest BCUT2D eigenvalue weighted by Crippen LogP contribution is -1.96. The van der Waals surface area contributed by atoms with Gasteiger partial charge >= 0.3 is 0 Å². The third-order valence-corrected chi connectivity index (χ3v) is 9.40. The molecular formula is C44H26N2O. The van der Waals surface area contributed by atoms with Crippen LogP contribution in [-0.4, -0.2) is 9.97 Å². The molecule has 2 heterocycles. The van der Waals surface area contributed by atoms with Gasteiger partial charge in [-0.3, -0.25) is 0 Å². The first-order valence-corrected chi connectivity index (χ1v) is 15.9. The molecule has 3 nitrogen and oxygen atoms in total. The molecule has 7 aromatic carbocycles. The summed E-state index contributed by atoms with van der Waals surface area (Å²) in [4.78, 5) is 10.1. The number of fused-ring (bicyclic) bond motifs is 7.